The number of rotatable bonds is 8. The molecule has 31 heavy (non-hydrogen) atoms. The van der Waals surface area contributed by atoms with Crippen LogP contribution >= 0.6 is 0 Å². The van der Waals surface area contributed by atoms with E-state index in [4.69, 9.17) is 10.5 Å². The molecule has 2 heterocycles. The number of nitrogen functional groups attached to an aromatic ring is 1. The second kappa shape index (κ2) is 9.75. The first-order valence-electron chi connectivity index (χ1n) is 9.95. The molecule has 9 nitrogen and oxygen atoms in total. The monoisotopic (exact) mass is 423 g/mol. The van der Waals surface area contributed by atoms with Crippen LogP contribution in [0.1, 0.15) is 35.8 Å². The van der Waals surface area contributed by atoms with Crippen LogP contribution in [0.15, 0.2) is 58.3 Å². The van der Waals surface area contributed by atoms with Crippen LogP contribution in [0.5, 0.6) is 5.75 Å². The highest BCUT2D eigenvalue weighted by molar-refractivity contribution is 6.05. The topological polar surface area (TPSA) is 123 Å². The first kappa shape index (κ1) is 21.8. The predicted octanol–water partition coefficient (Wildman–Crippen LogP) is 2.17. The summed E-state index contributed by atoms with van der Waals surface area (Å²) in [6.45, 7) is 2.30. The van der Waals surface area contributed by atoms with Gasteiger partial charge in [0.2, 0.25) is 0 Å². The Labute approximate surface area is 179 Å². The molecular weight excluding hydrogens is 398 g/mol. The fourth-order valence-corrected chi connectivity index (χ4v) is 3.26. The average Bonchev–Trinajstić information content (AvgIpc) is 2.78. The number of benzene rings is 1. The summed E-state index contributed by atoms with van der Waals surface area (Å²) in [4.78, 5) is 46.2. The van der Waals surface area contributed by atoms with Crippen LogP contribution < -0.4 is 26.6 Å². The van der Waals surface area contributed by atoms with Gasteiger partial charge in [-0.05, 0) is 24.6 Å². The number of pyridine rings is 1. The van der Waals surface area contributed by atoms with Crippen LogP contribution in [0.2, 0.25) is 0 Å². The van der Waals surface area contributed by atoms with E-state index in [-0.39, 0.29) is 23.7 Å². The molecule has 1 amide bonds. The lowest BCUT2D eigenvalue weighted by molar-refractivity contribution is 0.0980. The van der Waals surface area contributed by atoms with Gasteiger partial charge in [0.15, 0.2) is 5.69 Å². The lowest BCUT2D eigenvalue weighted by Crippen LogP contribution is -2.41. The van der Waals surface area contributed by atoms with Gasteiger partial charge in [-0.1, -0.05) is 37.6 Å². The normalized spacial score (nSPS) is 10.6. The maximum atomic E-state index is 13.4. The Morgan fingerprint density at radius 1 is 1.19 bits per heavy atom. The van der Waals surface area contributed by atoms with Crippen LogP contribution in [0.4, 0.5) is 11.5 Å². The van der Waals surface area contributed by atoms with Crippen molar-refractivity contribution in [3.05, 3.63) is 80.8 Å². The van der Waals surface area contributed by atoms with Crippen LogP contribution in [-0.4, -0.2) is 27.6 Å². The number of carbonyl (C=O) groups excluding carboxylic acids is 1. The van der Waals surface area contributed by atoms with Crippen molar-refractivity contribution in [3.63, 3.8) is 0 Å². The van der Waals surface area contributed by atoms with Gasteiger partial charge in [-0.15, -0.1) is 0 Å². The van der Waals surface area contributed by atoms with E-state index in [2.05, 4.69) is 9.97 Å². The quantitative estimate of drug-likeness (QED) is 0.572. The minimum atomic E-state index is -0.741. The summed E-state index contributed by atoms with van der Waals surface area (Å²) in [7, 11) is 1.52. The molecule has 2 aromatic heterocycles. The highest BCUT2D eigenvalue weighted by atomic mass is 16.5. The lowest BCUT2D eigenvalue weighted by Gasteiger charge is -2.25. The van der Waals surface area contributed by atoms with Crippen molar-refractivity contribution >= 4 is 17.4 Å². The lowest BCUT2D eigenvalue weighted by atomic mass is 10.1. The van der Waals surface area contributed by atoms with Gasteiger partial charge in [0.25, 0.3) is 11.5 Å². The van der Waals surface area contributed by atoms with Crippen molar-refractivity contribution in [2.24, 2.45) is 0 Å². The molecule has 0 radical (unpaired) electrons. The Morgan fingerprint density at radius 2 is 1.94 bits per heavy atom. The minimum absolute atomic E-state index is 0.00131. The summed E-state index contributed by atoms with van der Waals surface area (Å²) in [5, 5.41) is 0. The number of amides is 1. The first-order chi connectivity index (χ1) is 15.0. The number of hydrogen-bond donors (Lipinski definition) is 2. The average molecular weight is 423 g/mol. The van der Waals surface area contributed by atoms with Crippen LogP contribution in [-0.2, 0) is 13.1 Å². The van der Waals surface area contributed by atoms with Crippen molar-refractivity contribution in [3.8, 4) is 5.75 Å². The molecule has 0 atom stereocenters. The van der Waals surface area contributed by atoms with Gasteiger partial charge in [0.1, 0.15) is 17.3 Å². The van der Waals surface area contributed by atoms with E-state index in [0.717, 1.165) is 6.42 Å². The third kappa shape index (κ3) is 4.66. The molecular formula is C22H25N5O4. The number of aromatic amines is 1. The highest BCUT2D eigenvalue weighted by Gasteiger charge is 2.27. The molecule has 162 valence electrons. The fraction of sp³-hybridized carbons (Fsp3) is 0.273. The van der Waals surface area contributed by atoms with Crippen molar-refractivity contribution in [2.75, 3.05) is 17.7 Å². The number of nitrogens with one attached hydrogen (secondary N) is 1. The van der Waals surface area contributed by atoms with Crippen LogP contribution in [0, 0.1) is 0 Å². The Balaban J connectivity index is 2.18. The zero-order chi connectivity index (χ0) is 22.4. The van der Waals surface area contributed by atoms with Gasteiger partial charge < -0.3 is 10.5 Å². The number of carbonyl (C=O) groups is 1. The fourth-order valence-electron chi connectivity index (χ4n) is 3.26. The van der Waals surface area contributed by atoms with Gasteiger partial charge in [-0.25, -0.2) is 4.79 Å². The molecule has 3 rings (SSSR count). The van der Waals surface area contributed by atoms with E-state index in [1.807, 2.05) is 6.92 Å². The number of hydrogen-bond acceptors (Lipinski definition) is 6. The zero-order valence-electron chi connectivity index (χ0n) is 17.5. The summed E-state index contributed by atoms with van der Waals surface area (Å²) in [6, 6.07) is 12.1. The Hall–Kier alpha value is -3.88. The van der Waals surface area contributed by atoms with Crippen LogP contribution in [0.25, 0.3) is 0 Å². The maximum absolute atomic E-state index is 13.4. The van der Waals surface area contributed by atoms with Gasteiger partial charge in [-0.3, -0.25) is 29.0 Å². The number of aromatic nitrogens is 3. The van der Waals surface area contributed by atoms with E-state index in [1.165, 1.54) is 22.8 Å². The smallest absolute Gasteiger partial charge is 0.330 e. The number of nitrogens with zero attached hydrogens (tertiary/aromatic N) is 3. The van der Waals surface area contributed by atoms with Gasteiger partial charge in [0, 0.05) is 18.3 Å². The molecule has 3 aromatic rings. The highest BCUT2D eigenvalue weighted by Crippen LogP contribution is 2.25. The van der Waals surface area contributed by atoms with Crippen molar-refractivity contribution < 1.29 is 9.53 Å². The molecule has 0 fully saturated rings. The summed E-state index contributed by atoms with van der Waals surface area (Å²) >= 11 is 0. The number of H-pyrrole nitrogens is 1. The van der Waals surface area contributed by atoms with Gasteiger partial charge >= 0.3 is 5.69 Å². The Bertz CT molecular complexity index is 1170. The van der Waals surface area contributed by atoms with Crippen molar-refractivity contribution in [2.45, 2.75) is 32.9 Å². The third-order valence-electron chi connectivity index (χ3n) is 4.87. The van der Waals surface area contributed by atoms with E-state index in [0.29, 0.717) is 24.3 Å². The van der Waals surface area contributed by atoms with Gasteiger partial charge in [0.05, 0.1) is 13.7 Å². The third-order valence-corrected chi connectivity index (χ3v) is 4.87. The molecule has 0 aliphatic carbocycles. The summed E-state index contributed by atoms with van der Waals surface area (Å²) in [5.74, 6) is -0.0404. The number of para-hydroxylation sites is 1. The maximum Gasteiger partial charge on any atom is 0.330 e. The number of methoxy groups -OCH3 is 1. The van der Waals surface area contributed by atoms with Crippen molar-refractivity contribution in [1.29, 1.82) is 0 Å². The van der Waals surface area contributed by atoms with E-state index < -0.39 is 17.2 Å². The van der Waals surface area contributed by atoms with E-state index in [1.54, 1.807) is 42.5 Å². The number of anilines is 2. The first-order valence-corrected chi connectivity index (χ1v) is 9.95. The molecule has 0 aliphatic rings. The van der Waals surface area contributed by atoms with E-state index >= 15 is 0 Å². The molecule has 0 bridgehead atoms. The molecule has 1 aromatic carbocycles. The standard InChI is InChI=1S/C22H25N5O4/c1-3-4-13-26-19(23)18(20(28)25-22(26)30)27(21(29)16-10-7-8-12-24-16)14-15-9-5-6-11-17(15)31-2/h5-12H,3-4,13-14,23H2,1-2H3,(H,25,28,30). The largest absolute Gasteiger partial charge is 0.496 e. The van der Waals surface area contributed by atoms with Crippen LogP contribution in [0.3, 0.4) is 0 Å². The second-order valence-electron chi connectivity index (χ2n) is 6.92. The van der Waals surface area contributed by atoms with E-state index in [9.17, 15) is 14.4 Å². The molecule has 3 N–H and O–H groups in total. The zero-order valence-corrected chi connectivity index (χ0v) is 17.5. The summed E-state index contributed by atoms with van der Waals surface area (Å²) in [5.41, 5.74) is 5.62. The predicted molar refractivity (Wildman–Crippen MR) is 118 cm³/mol. The second-order valence-corrected chi connectivity index (χ2v) is 6.92. The molecule has 0 unspecified atom stereocenters. The molecule has 0 spiro atoms. The summed E-state index contributed by atoms with van der Waals surface area (Å²) in [6.07, 6.45) is 3.01. The SMILES string of the molecule is CCCCn1c(N)c(N(Cc2ccccc2OC)C(=O)c2ccccn2)c(=O)[nH]c1=O. The van der Waals surface area contributed by atoms with Crippen molar-refractivity contribution in [1.82, 2.24) is 14.5 Å². The number of unbranched alkanes of at least 4 members (excludes halogenated alkanes) is 1. The molecule has 0 aliphatic heterocycles. The number of ether oxygens (including phenoxy) is 1. The Kier molecular flexibility index (Phi) is 6.86. The Morgan fingerprint density at radius 3 is 2.61 bits per heavy atom. The summed E-state index contributed by atoms with van der Waals surface area (Å²) < 4.78 is 6.68. The molecule has 0 saturated heterocycles. The van der Waals surface area contributed by atoms with Gasteiger partial charge in [-0.2, -0.15) is 0 Å². The minimum Gasteiger partial charge on any atom is -0.496 e. The molecule has 0 saturated carbocycles. The number of nitrogens with two attached hydrogens (primary N) is 1. The molecule has 9 heteroatoms.